The van der Waals surface area contributed by atoms with Crippen LogP contribution in [0.4, 0.5) is 0 Å². The Morgan fingerprint density at radius 2 is 0.677 bits per heavy atom. The maximum Gasteiger partial charge on any atom is 0.303 e. The van der Waals surface area contributed by atoms with E-state index in [0.29, 0.717) is 62.7 Å². The number of ketones is 1. The van der Waals surface area contributed by atoms with Crippen molar-refractivity contribution in [1.82, 2.24) is 4.90 Å². The summed E-state index contributed by atoms with van der Waals surface area (Å²) in [4.78, 5) is 75.8. The Balaban J connectivity index is 0. The summed E-state index contributed by atoms with van der Waals surface area (Å²) < 4.78 is 6.04. The molecule has 1 aromatic carbocycles. The highest BCUT2D eigenvalue weighted by Gasteiger charge is 2.65. The third-order valence-electron chi connectivity index (χ3n) is 18.4. The van der Waals surface area contributed by atoms with Crippen molar-refractivity contribution in [3.05, 3.63) is 23.3 Å². The largest absolute Gasteiger partial charge is 0.504 e. The Bertz CT molecular complexity index is 1830. The van der Waals surface area contributed by atoms with Gasteiger partial charge in [0, 0.05) is 62.0 Å². The number of carbonyl (C=O) groups excluding carboxylic acids is 1. The number of Topliss-reactive ketones (excluding diaryl/α,β-unsaturated/α-hetero) is 1. The summed E-state index contributed by atoms with van der Waals surface area (Å²) in [5.74, 6) is -2.49. The number of aromatic hydroxyl groups is 1. The Morgan fingerprint density at radius 1 is 0.419 bits per heavy atom. The fourth-order valence-electron chi connectivity index (χ4n) is 12.9. The van der Waals surface area contributed by atoms with Gasteiger partial charge in [-0.15, -0.1) is 0 Å². The first-order valence-electron chi connectivity index (χ1n) is 37.8. The number of likely N-dealkylation sites (N-methyl/N-ethyl adjacent to an activating group) is 1. The highest BCUT2D eigenvalue weighted by molar-refractivity contribution is 5.89. The van der Waals surface area contributed by atoms with Gasteiger partial charge < -0.3 is 45.4 Å². The van der Waals surface area contributed by atoms with Gasteiger partial charge in [0.05, 0.1) is 0 Å². The molecule has 0 unspecified atom stereocenters. The quantitative estimate of drug-likeness (QED) is 0.0299. The minimum Gasteiger partial charge on any atom is -0.504 e. The number of aliphatic carboxylic acids is 6. The van der Waals surface area contributed by atoms with Gasteiger partial charge >= 0.3 is 35.8 Å². The molecule has 0 aromatic heterocycles. The molecule has 16 nitrogen and oxygen atoms in total. The number of phenols is 1. The number of carboxylic acid groups (broad SMARTS) is 6. The number of hydrogen-bond acceptors (Lipinski definition) is 10. The van der Waals surface area contributed by atoms with Crippen LogP contribution in [-0.4, -0.2) is 108 Å². The predicted octanol–water partition coefficient (Wildman–Crippen LogP) is 20.9. The van der Waals surface area contributed by atoms with Crippen molar-refractivity contribution in [2.24, 2.45) is 5.92 Å². The molecule has 5 rings (SSSR count). The standard InChI is InChI=1S/C17H19NO3.6C10H20O2/c1-18-7-6-17-10-3-5-13(20)16(17)21-15-12(19)4-2-9(14(15)17)8-11(10)18;6*1-2-3-4-5-6-7-8-9-10(11)12/h2,4,10-11,16,19H,3,5-8H2,1H3;6*2-9H2,1H3,(H,11,12)/t10-,11+,16-,17-;;;;;;/m0....../s1. The normalized spacial score (nSPS) is 16.8. The van der Waals surface area contributed by atoms with E-state index >= 15 is 0 Å². The Labute approximate surface area is 565 Å². The first-order valence-corrected chi connectivity index (χ1v) is 37.8. The molecule has 1 saturated heterocycles. The number of likely N-dealkylation sites (tertiary alicyclic amines) is 1. The van der Waals surface area contributed by atoms with E-state index in [1.165, 1.54) is 198 Å². The number of unbranched alkanes of at least 4 members (excludes halogenated alkanes) is 36. The van der Waals surface area contributed by atoms with Crippen molar-refractivity contribution >= 4 is 41.6 Å². The molecule has 0 radical (unpaired) electrons. The highest BCUT2D eigenvalue weighted by Crippen LogP contribution is 2.63. The van der Waals surface area contributed by atoms with Crippen LogP contribution in [-0.2, 0) is 45.4 Å². The Kier molecular flexibility index (Phi) is 60.3. The summed E-state index contributed by atoms with van der Waals surface area (Å²) in [7, 11) is 2.20. The van der Waals surface area contributed by atoms with Gasteiger partial charge in [0.25, 0.3) is 0 Å². The lowest BCUT2D eigenvalue weighted by molar-refractivity contribution is -0.138. The zero-order chi connectivity index (χ0) is 69.8. The number of nitrogens with zero attached hydrogens (tertiary/aromatic N) is 1. The number of hydrogen-bond donors (Lipinski definition) is 7. The van der Waals surface area contributed by atoms with Gasteiger partial charge in [-0.1, -0.05) is 279 Å². The average molecular weight is 1320 g/mol. The Hall–Kier alpha value is -4.73. The monoisotopic (exact) mass is 1320 g/mol. The number of ether oxygens (including phenoxy) is 1. The molecule has 1 saturated carbocycles. The van der Waals surface area contributed by atoms with Crippen LogP contribution in [0.1, 0.15) is 380 Å². The molecule has 2 aliphatic heterocycles. The lowest BCUT2D eigenvalue weighted by Crippen LogP contribution is -2.65. The second-order valence-corrected chi connectivity index (χ2v) is 26.7. The van der Waals surface area contributed by atoms with Crippen molar-refractivity contribution in [2.45, 2.75) is 393 Å². The summed E-state index contributed by atoms with van der Waals surface area (Å²) in [6.07, 6.45) is 55.0. The van der Waals surface area contributed by atoms with E-state index in [0.717, 1.165) is 108 Å². The van der Waals surface area contributed by atoms with Gasteiger partial charge in [-0.3, -0.25) is 33.6 Å². The van der Waals surface area contributed by atoms with Gasteiger partial charge in [0.1, 0.15) is 0 Å². The van der Waals surface area contributed by atoms with Gasteiger partial charge in [0.15, 0.2) is 23.4 Å². The molecular formula is C77H139NO15. The summed E-state index contributed by atoms with van der Waals surface area (Å²) in [6.45, 7) is 14.2. The van der Waals surface area contributed by atoms with E-state index < -0.39 is 35.8 Å². The van der Waals surface area contributed by atoms with Gasteiger partial charge in [0.2, 0.25) is 0 Å². The summed E-state index contributed by atoms with van der Waals surface area (Å²) >= 11 is 0. The predicted molar refractivity (Wildman–Crippen MR) is 378 cm³/mol. The third kappa shape index (κ3) is 47.8. The maximum absolute atomic E-state index is 12.5. The molecule has 4 aliphatic rings. The van der Waals surface area contributed by atoms with Crippen LogP contribution in [0.2, 0.25) is 0 Å². The molecular weight excluding hydrogens is 1180 g/mol. The molecule has 1 spiro atoms. The Morgan fingerprint density at radius 3 is 0.935 bits per heavy atom. The zero-order valence-electron chi connectivity index (χ0n) is 60.2. The number of carboxylic acids is 6. The minimum atomic E-state index is -0.663. The van der Waals surface area contributed by atoms with Crippen molar-refractivity contribution in [3.8, 4) is 11.5 Å². The van der Waals surface area contributed by atoms with E-state index in [1.54, 1.807) is 6.07 Å². The van der Waals surface area contributed by atoms with E-state index in [1.807, 2.05) is 6.07 Å². The van der Waals surface area contributed by atoms with Gasteiger partial charge in [-0.2, -0.15) is 0 Å². The van der Waals surface area contributed by atoms with E-state index in [4.69, 9.17) is 35.4 Å². The average Bonchev–Trinajstić information content (AvgIpc) is 1.59. The molecule has 2 aliphatic carbocycles. The third-order valence-corrected chi connectivity index (χ3v) is 18.4. The van der Waals surface area contributed by atoms with Crippen molar-refractivity contribution < 1.29 is 74.0 Å². The second-order valence-electron chi connectivity index (χ2n) is 26.7. The smallest absolute Gasteiger partial charge is 0.303 e. The lowest BCUT2D eigenvalue weighted by Gasteiger charge is -2.57. The molecule has 16 heteroatoms. The summed E-state index contributed by atoms with van der Waals surface area (Å²) in [5, 5.41) is 60.3. The highest BCUT2D eigenvalue weighted by atomic mass is 16.5. The first kappa shape index (κ1) is 90.3. The van der Waals surface area contributed by atoms with Crippen molar-refractivity contribution in [3.63, 3.8) is 0 Å². The number of piperidine rings is 1. The molecule has 93 heavy (non-hydrogen) atoms. The van der Waals surface area contributed by atoms with Crippen LogP contribution < -0.4 is 4.74 Å². The molecule has 1 aromatic rings. The van der Waals surface area contributed by atoms with E-state index in [2.05, 4.69) is 53.5 Å². The van der Waals surface area contributed by atoms with Crippen molar-refractivity contribution in [2.75, 3.05) is 13.6 Å². The molecule has 4 atom stereocenters. The first-order chi connectivity index (χ1) is 44.7. The maximum atomic E-state index is 12.5. The van der Waals surface area contributed by atoms with E-state index in [-0.39, 0.29) is 23.1 Å². The number of phenolic OH excluding ortho intramolecular Hbond substituents is 1. The summed E-state index contributed by atoms with van der Waals surface area (Å²) in [5.41, 5.74) is 2.26. The van der Waals surface area contributed by atoms with Gasteiger partial charge in [-0.25, -0.2) is 0 Å². The van der Waals surface area contributed by atoms with Crippen LogP contribution in [0.15, 0.2) is 12.1 Å². The van der Waals surface area contributed by atoms with Crippen LogP contribution in [0, 0.1) is 5.92 Å². The number of carbonyl (C=O) groups is 7. The number of benzene rings is 1. The second kappa shape index (κ2) is 62.1. The van der Waals surface area contributed by atoms with Crippen LogP contribution in [0.5, 0.6) is 11.5 Å². The van der Waals surface area contributed by atoms with Crippen LogP contribution >= 0.6 is 0 Å². The number of rotatable bonds is 48. The summed E-state index contributed by atoms with van der Waals surface area (Å²) in [6, 6.07) is 4.26. The molecule has 2 bridgehead atoms. The molecule has 7 N–H and O–H groups in total. The lowest BCUT2D eigenvalue weighted by atomic mass is 9.52. The topological polar surface area (TPSA) is 274 Å². The van der Waals surface area contributed by atoms with Crippen LogP contribution in [0.3, 0.4) is 0 Å². The zero-order valence-corrected chi connectivity index (χ0v) is 60.2. The molecule has 2 heterocycles. The molecule has 542 valence electrons. The minimum absolute atomic E-state index is 0.172. The van der Waals surface area contributed by atoms with Gasteiger partial charge in [-0.05, 0) is 88.9 Å². The van der Waals surface area contributed by atoms with Crippen molar-refractivity contribution in [1.29, 1.82) is 0 Å². The fourth-order valence-corrected chi connectivity index (χ4v) is 12.9. The van der Waals surface area contributed by atoms with Crippen LogP contribution in [0.25, 0.3) is 0 Å². The molecule has 2 fully saturated rings. The van der Waals surface area contributed by atoms with E-state index in [9.17, 15) is 38.7 Å². The molecule has 0 amide bonds. The fraction of sp³-hybridized carbons (Fsp3) is 0.831. The SMILES string of the molecule is CCCCCCCCCC(=O)O.CCCCCCCCCC(=O)O.CCCCCCCCCC(=O)O.CCCCCCCCCC(=O)O.CCCCCCCCCC(=O)O.CCCCCCCCCC(=O)O.CN1CC[C@]23c4c5ccc(O)c4O[C@H]2C(=O)CC[C@H]3[C@H]1C5.